The maximum atomic E-state index is 11.1. The third-order valence-electron chi connectivity index (χ3n) is 2.07. The van der Waals surface area contributed by atoms with E-state index in [4.69, 9.17) is 4.74 Å². The summed E-state index contributed by atoms with van der Waals surface area (Å²) in [5.74, 6) is 0.597. The third kappa shape index (κ3) is 2.13. The van der Waals surface area contributed by atoms with Crippen molar-refractivity contribution in [3.05, 3.63) is 0 Å². The van der Waals surface area contributed by atoms with Gasteiger partial charge in [-0.25, -0.2) is 4.79 Å². The van der Waals surface area contributed by atoms with Gasteiger partial charge in [0, 0.05) is 6.54 Å². The Hall–Kier alpha value is -0.730. The van der Waals surface area contributed by atoms with E-state index < -0.39 is 0 Å². The Morgan fingerprint density at radius 1 is 1.67 bits per heavy atom. The summed E-state index contributed by atoms with van der Waals surface area (Å²) in [5.41, 5.74) is 0. The standard InChI is InChI=1S/C9H17NO2/c1-4-10-6-8(5-7(2)3)12-9(10)11/h7-8H,4-6H2,1-3H3. The van der Waals surface area contributed by atoms with Gasteiger partial charge in [0.05, 0.1) is 6.54 Å². The van der Waals surface area contributed by atoms with Crippen LogP contribution in [0.4, 0.5) is 4.79 Å². The van der Waals surface area contributed by atoms with Crippen molar-refractivity contribution in [1.29, 1.82) is 0 Å². The van der Waals surface area contributed by atoms with E-state index in [1.165, 1.54) is 0 Å². The number of hydrogen-bond donors (Lipinski definition) is 0. The summed E-state index contributed by atoms with van der Waals surface area (Å²) >= 11 is 0. The summed E-state index contributed by atoms with van der Waals surface area (Å²) in [7, 11) is 0. The SMILES string of the molecule is CCN1CC(CC(C)C)OC1=O. The molecular formula is C9H17NO2. The topological polar surface area (TPSA) is 29.5 Å². The number of carbonyl (C=O) groups excluding carboxylic acids is 1. The number of carbonyl (C=O) groups is 1. The average molecular weight is 171 g/mol. The number of amides is 1. The summed E-state index contributed by atoms with van der Waals surface area (Å²) in [6.07, 6.45) is 0.947. The van der Waals surface area contributed by atoms with E-state index in [9.17, 15) is 4.79 Å². The second kappa shape index (κ2) is 3.78. The van der Waals surface area contributed by atoms with Crippen LogP contribution in [-0.4, -0.2) is 30.2 Å². The Morgan fingerprint density at radius 3 is 2.75 bits per heavy atom. The maximum Gasteiger partial charge on any atom is 0.410 e. The Morgan fingerprint density at radius 2 is 2.33 bits per heavy atom. The minimum atomic E-state index is -0.150. The lowest BCUT2D eigenvalue weighted by Gasteiger charge is -2.10. The van der Waals surface area contributed by atoms with E-state index >= 15 is 0 Å². The highest BCUT2D eigenvalue weighted by atomic mass is 16.6. The molecule has 0 aromatic carbocycles. The third-order valence-corrected chi connectivity index (χ3v) is 2.07. The Balaban J connectivity index is 2.38. The highest BCUT2D eigenvalue weighted by molar-refractivity contribution is 5.69. The van der Waals surface area contributed by atoms with Crippen molar-refractivity contribution in [2.24, 2.45) is 5.92 Å². The highest BCUT2D eigenvalue weighted by Crippen LogP contribution is 2.17. The molecular weight excluding hydrogens is 154 g/mol. The lowest BCUT2D eigenvalue weighted by Crippen LogP contribution is -2.24. The van der Waals surface area contributed by atoms with Gasteiger partial charge in [0.1, 0.15) is 6.10 Å². The highest BCUT2D eigenvalue weighted by Gasteiger charge is 2.29. The summed E-state index contributed by atoms with van der Waals surface area (Å²) in [4.78, 5) is 12.8. The lowest BCUT2D eigenvalue weighted by atomic mass is 10.1. The van der Waals surface area contributed by atoms with E-state index in [0.29, 0.717) is 5.92 Å². The zero-order valence-corrected chi connectivity index (χ0v) is 8.04. The van der Waals surface area contributed by atoms with Gasteiger partial charge < -0.3 is 9.64 Å². The summed E-state index contributed by atoms with van der Waals surface area (Å²) in [5, 5.41) is 0. The maximum absolute atomic E-state index is 11.1. The van der Waals surface area contributed by atoms with Gasteiger partial charge >= 0.3 is 6.09 Å². The number of nitrogens with zero attached hydrogens (tertiary/aromatic N) is 1. The van der Waals surface area contributed by atoms with E-state index in [1.54, 1.807) is 4.90 Å². The fraction of sp³-hybridized carbons (Fsp3) is 0.889. The molecule has 0 aliphatic carbocycles. The smallest absolute Gasteiger partial charge is 0.410 e. The van der Waals surface area contributed by atoms with Crippen molar-refractivity contribution in [3.63, 3.8) is 0 Å². The number of hydrogen-bond acceptors (Lipinski definition) is 2. The fourth-order valence-corrected chi connectivity index (χ4v) is 1.48. The molecule has 1 amide bonds. The first-order valence-corrected chi connectivity index (χ1v) is 4.59. The van der Waals surface area contributed by atoms with Crippen molar-refractivity contribution in [2.75, 3.05) is 13.1 Å². The molecule has 1 rings (SSSR count). The largest absolute Gasteiger partial charge is 0.444 e. The molecule has 0 bridgehead atoms. The second-order valence-corrected chi connectivity index (χ2v) is 3.67. The summed E-state index contributed by atoms with van der Waals surface area (Å²) in [6.45, 7) is 7.78. The minimum absolute atomic E-state index is 0.123. The van der Waals surface area contributed by atoms with Gasteiger partial charge in [-0.05, 0) is 19.3 Å². The fourth-order valence-electron chi connectivity index (χ4n) is 1.48. The molecule has 0 aromatic heterocycles. The molecule has 1 fully saturated rings. The normalized spacial score (nSPS) is 23.5. The van der Waals surface area contributed by atoms with Crippen LogP contribution in [0.2, 0.25) is 0 Å². The van der Waals surface area contributed by atoms with Gasteiger partial charge in [0.15, 0.2) is 0 Å². The van der Waals surface area contributed by atoms with Crippen LogP contribution in [0.15, 0.2) is 0 Å². The van der Waals surface area contributed by atoms with Crippen LogP contribution in [0.1, 0.15) is 27.2 Å². The summed E-state index contributed by atoms with van der Waals surface area (Å²) < 4.78 is 5.16. The molecule has 0 spiro atoms. The van der Waals surface area contributed by atoms with Crippen molar-refractivity contribution in [3.8, 4) is 0 Å². The monoisotopic (exact) mass is 171 g/mol. The number of rotatable bonds is 3. The van der Waals surface area contributed by atoms with E-state index in [-0.39, 0.29) is 12.2 Å². The van der Waals surface area contributed by atoms with E-state index in [1.807, 2.05) is 6.92 Å². The summed E-state index contributed by atoms with van der Waals surface area (Å²) in [6, 6.07) is 0. The molecule has 0 saturated carbocycles. The van der Waals surface area contributed by atoms with Crippen LogP contribution in [0.5, 0.6) is 0 Å². The molecule has 1 aliphatic rings. The second-order valence-electron chi connectivity index (χ2n) is 3.67. The molecule has 0 aromatic rings. The van der Waals surface area contributed by atoms with Crippen molar-refractivity contribution < 1.29 is 9.53 Å². The molecule has 70 valence electrons. The zero-order valence-electron chi connectivity index (χ0n) is 8.04. The first-order valence-electron chi connectivity index (χ1n) is 4.59. The van der Waals surface area contributed by atoms with Crippen molar-refractivity contribution in [2.45, 2.75) is 33.3 Å². The minimum Gasteiger partial charge on any atom is -0.444 e. The number of likely N-dealkylation sites (N-methyl/N-ethyl adjacent to an activating group) is 1. The Labute approximate surface area is 73.7 Å². The molecule has 3 nitrogen and oxygen atoms in total. The van der Waals surface area contributed by atoms with Crippen LogP contribution < -0.4 is 0 Å². The predicted molar refractivity (Wildman–Crippen MR) is 47.0 cm³/mol. The quantitative estimate of drug-likeness (QED) is 0.648. The van der Waals surface area contributed by atoms with Gasteiger partial charge in [-0.2, -0.15) is 0 Å². The zero-order chi connectivity index (χ0) is 9.14. The molecule has 12 heavy (non-hydrogen) atoms. The molecule has 1 unspecified atom stereocenters. The van der Waals surface area contributed by atoms with Gasteiger partial charge in [-0.15, -0.1) is 0 Å². The first kappa shape index (κ1) is 9.36. The molecule has 1 aliphatic heterocycles. The van der Waals surface area contributed by atoms with Crippen molar-refractivity contribution in [1.82, 2.24) is 4.90 Å². The predicted octanol–water partition coefficient (Wildman–Crippen LogP) is 1.87. The van der Waals surface area contributed by atoms with E-state index in [2.05, 4.69) is 13.8 Å². The van der Waals surface area contributed by atoms with Gasteiger partial charge in [-0.1, -0.05) is 13.8 Å². The molecule has 1 saturated heterocycles. The van der Waals surface area contributed by atoms with Crippen molar-refractivity contribution >= 4 is 6.09 Å². The van der Waals surface area contributed by atoms with Crippen LogP contribution in [-0.2, 0) is 4.74 Å². The lowest BCUT2D eigenvalue weighted by molar-refractivity contribution is 0.123. The van der Waals surface area contributed by atoms with E-state index in [0.717, 1.165) is 19.5 Å². The molecule has 0 radical (unpaired) electrons. The Bertz CT molecular complexity index is 168. The molecule has 3 heteroatoms. The van der Waals surface area contributed by atoms with Gasteiger partial charge in [-0.3, -0.25) is 0 Å². The number of cyclic esters (lactones) is 1. The van der Waals surface area contributed by atoms with Gasteiger partial charge in [0.25, 0.3) is 0 Å². The van der Waals surface area contributed by atoms with Gasteiger partial charge in [0.2, 0.25) is 0 Å². The van der Waals surface area contributed by atoms with Crippen LogP contribution >= 0.6 is 0 Å². The Kier molecular flexibility index (Phi) is 2.95. The molecule has 0 N–H and O–H groups in total. The molecule has 1 atom stereocenters. The van der Waals surface area contributed by atoms with Crippen LogP contribution in [0, 0.1) is 5.92 Å². The first-order chi connectivity index (χ1) is 5.63. The van der Waals surface area contributed by atoms with Crippen LogP contribution in [0.3, 0.4) is 0 Å². The average Bonchev–Trinajstić information content (AvgIpc) is 2.29. The van der Waals surface area contributed by atoms with Crippen LogP contribution in [0.25, 0.3) is 0 Å². The number of ether oxygens (including phenoxy) is 1. The molecule has 1 heterocycles.